The van der Waals surface area contributed by atoms with Crippen LogP contribution in [-0.4, -0.2) is 40.2 Å². The molecule has 0 radical (unpaired) electrons. The Balaban J connectivity index is 3.78. The van der Waals surface area contributed by atoms with Crippen LogP contribution in [0.3, 0.4) is 0 Å². The van der Waals surface area contributed by atoms with Crippen molar-refractivity contribution in [1.29, 1.82) is 0 Å². The van der Waals surface area contributed by atoms with Crippen molar-refractivity contribution in [3.8, 4) is 0 Å². The summed E-state index contributed by atoms with van der Waals surface area (Å²) >= 11 is 0. The molecule has 0 aliphatic rings. The maximum Gasteiger partial charge on any atom is 0.234 e. The summed E-state index contributed by atoms with van der Waals surface area (Å²) in [6.45, 7) is 0.270. The van der Waals surface area contributed by atoms with Gasteiger partial charge >= 0.3 is 0 Å². The van der Waals surface area contributed by atoms with Gasteiger partial charge < -0.3 is 11.1 Å². The number of rotatable bonds is 7. The van der Waals surface area contributed by atoms with E-state index < -0.39 is 10.0 Å². The lowest BCUT2D eigenvalue weighted by Gasteiger charge is -2.04. The molecule has 14 heavy (non-hydrogen) atoms. The van der Waals surface area contributed by atoms with Crippen molar-refractivity contribution in [3.05, 3.63) is 0 Å². The van der Waals surface area contributed by atoms with Crippen LogP contribution in [0.5, 0.6) is 0 Å². The van der Waals surface area contributed by atoms with Crippen LogP contribution in [0.15, 0.2) is 0 Å². The average Bonchev–Trinajstić information content (AvgIpc) is 2.14. The van der Waals surface area contributed by atoms with Crippen LogP contribution in [0.25, 0.3) is 0 Å². The minimum absolute atomic E-state index is 0.0151. The van der Waals surface area contributed by atoms with E-state index >= 15 is 0 Å². The summed E-state index contributed by atoms with van der Waals surface area (Å²) in [7, 11) is -1.88. The molecular weight excluding hydrogens is 206 g/mol. The Labute approximate surface area is 84.3 Å². The monoisotopic (exact) mass is 223 g/mol. The van der Waals surface area contributed by atoms with E-state index in [-0.39, 0.29) is 18.2 Å². The van der Waals surface area contributed by atoms with Gasteiger partial charge in [0.25, 0.3) is 0 Å². The number of likely N-dealkylation sites (N-methyl/N-ethyl adjacent to an activating group) is 1. The SMILES string of the molecule is CNC(=O)CNS(=O)(=O)CCCCN. The van der Waals surface area contributed by atoms with Crippen LogP contribution in [0, 0.1) is 0 Å². The number of unbranched alkanes of at least 4 members (excludes halogenated alkanes) is 1. The molecule has 0 unspecified atom stereocenters. The molecule has 0 atom stereocenters. The number of hydrogen-bond donors (Lipinski definition) is 3. The van der Waals surface area contributed by atoms with Crippen molar-refractivity contribution in [2.24, 2.45) is 5.73 Å². The molecule has 0 saturated heterocycles. The number of carbonyl (C=O) groups is 1. The van der Waals surface area contributed by atoms with Crippen LogP contribution < -0.4 is 15.8 Å². The first-order valence-electron chi connectivity index (χ1n) is 4.40. The normalized spacial score (nSPS) is 11.3. The lowest BCUT2D eigenvalue weighted by atomic mass is 10.3. The van der Waals surface area contributed by atoms with Gasteiger partial charge in [-0.05, 0) is 19.4 Å². The quantitative estimate of drug-likeness (QED) is 0.452. The van der Waals surface area contributed by atoms with Gasteiger partial charge in [0.05, 0.1) is 12.3 Å². The summed E-state index contributed by atoms with van der Waals surface area (Å²) in [6.07, 6.45) is 1.18. The van der Waals surface area contributed by atoms with E-state index in [0.29, 0.717) is 19.4 Å². The van der Waals surface area contributed by atoms with E-state index in [1.165, 1.54) is 7.05 Å². The zero-order valence-electron chi connectivity index (χ0n) is 8.25. The lowest BCUT2D eigenvalue weighted by molar-refractivity contribution is -0.119. The highest BCUT2D eigenvalue weighted by atomic mass is 32.2. The van der Waals surface area contributed by atoms with Gasteiger partial charge in [-0.15, -0.1) is 0 Å². The van der Waals surface area contributed by atoms with E-state index in [4.69, 9.17) is 5.73 Å². The van der Waals surface area contributed by atoms with Gasteiger partial charge in [-0.25, -0.2) is 13.1 Å². The summed E-state index contributed by atoms with van der Waals surface area (Å²) in [5.74, 6) is -0.339. The summed E-state index contributed by atoms with van der Waals surface area (Å²) in [4.78, 5) is 10.7. The fourth-order valence-corrected chi connectivity index (χ4v) is 1.85. The van der Waals surface area contributed by atoms with E-state index in [1.807, 2.05) is 0 Å². The Morgan fingerprint density at radius 1 is 1.36 bits per heavy atom. The van der Waals surface area contributed by atoms with Gasteiger partial charge in [0.1, 0.15) is 0 Å². The molecule has 0 aliphatic carbocycles. The number of hydrogen-bond acceptors (Lipinski definition) is 4. The third-order valence-electron chi connectivity index (χ3n) is 1.60. The van der Waals surface area contributed by atoms with Crippen molar-refractivity contribution in [1.82, 2.24) is 10.0 Å². The zero-order chi connectivity index (χ0) is 11.0. The largest absolute Gasteiger partial charge is 0.358 e. The maximum absolute atomic E-state index is 11.2. The Kier molecular flexibility index (Phi) is 6.43. The van der Waals surface area contributed by atoms with Crippen LogP contribution in [0.4, 0.5) is 0 Å². The molecule has 0 fully saturated rings. The zero-order valence-corrected chi connectivity index (χ0v) is 9.06. The van der Waals surface area contributed by atoms with E-state index in [1.54, 1.807) is 0 Å². The predicted molar refractivity (Wildman–Crippen MR) is 54.1 cm³/mol. The summed E-state index contributed by atoms with van der Waals surface area (Å²) in [6, 6.07) is 0. The van der Waals surface area contributed by atoms with Crippen LogP contribution >= 0.6 is 0 Å². The second-order valence-electron chi connectivity index (χ2n) is 2.81. The van der Waals surface area contributed by atoms with Crippen LogP contribution in [0.1, 0.15) is 12.8 Å². The highest BCUT2D eigenvalue weighted by Gasteiger charge is 2.10. The van der Waals surface area contributed by atoms with Gasteiger partial charge in [0.15, 0.2) is 0 Å². The Bertz CT molecular complexity index is 263. The molecule has 1 amide bonds. The van der Waals surface area contributed by atoms with Gasteiger partial charge in [0, 0.05) is 7.05 Å². The van der Waals surface area contributed by atoms with Crippen LogP contribution in [0.2, 0.25) is 0 Å². The van der Waals surface area contributed by atoms with Crippen LogP contribution in [-0.2, 0) is 14.8 Å². The highest BCUT2D eigenvalue weighted by molar-refractivity contribution is 7.89. The van der Waals surface area contributed by atoms with Gasteiger partial charge in [-0.1, -0.05) is 0 Å². The fourth-order valence-electron chi connectivity index (χ4n) is 0.772. The minimum Gasteiger partial charge on any atom is -0.358 e. The molecule has 0 heterocycles. The molecule has 84 valence electrons. The first-order valence-corrected chi connectivity index (χ1v) is 6.05. The predicted octanol–water partition coefficient (Wildman–Crippen LogP) is -1.61. The number of amides is 1. The molecule has 6 nitrogen and oxygen atoms in total. The molecule has 0 saturated carbocycles. The Morgan fingerprint density at radius 2 is 2.00 bits per heavy atom. The van der Waals surface area contributed by atoms with Crippen molar-refractivity contribution in [2.75, 3.05) is 25.9 Å². The molecule has 4 N–H and O–H groups in total. The first kappa shape index (κ1) is 13.3. The molecule has 0 rings (SSSR count). The number of sulfonamides is 1. The average molecular weight is 223 g/mol. The van der Waals surface area contributed by atoms with Gasteiger partial charge in [-0.3, -0.25) is 4.79 Å². The standard InChI is InChI=1S/C7H17N3O3S/c1-9-7(11)6-10-14(12,13)5-3-2-4-8/h10H,2-6,8H2,1H3,(H,9,11). The van der Waals surface area contributed by atoms with Crippen molar-refractivity contribution in [2.45, 2.75) is 12.8 Å². The number of nitrogens with one attached hydrogen (secondary N) is 2. The molecule has 7 heteroatoms. The minimum atomic E-state index is -3.33. The molecule has 0 aromatic heterocycles. The molecular formula is C7H17N3O3S. The first-order chi connectivity index (χ1) is 6.52. The summed E-state index contributed by atoms with van der Waals surface area (Å²) in [5.41, 5.74) is 5.22. The Morgan fingerprint density at radius 3 is 2.50 bits per heavy atom. The van der Waals surface area contributed by atoms with E-state index in [9.17, 15) is 13.2 Å². The number of carbonyl (C=O) groups excluding carboxylic acids is 1. The molecule has 0 aromatic carbocycles. The fraction of sp³-hybridized carbons (Fsp3) is 0.857. The molecule has 0 aromatic rings. The van der Waals surface area contributed by atoms with Gasteiger partial charge in [-0.2, -0.15) is 0 Å². The summed E-state index contributed by atoms with van der Waals surface area (Å²) in [5, 5.41) is 2.32. The second kappa shape index (κ2) is 6.74. The maximum atomic E-state index is 11.2. The highest BCUT2D eigenvalue weighted by Crippen LogP contribution is 1.92. The topological polar surface area (TPSA) is 101 Å². The van der Waals surface area contributed by atoms with E-state index in [0.717, 1.165) is 0 Å². The third kappa shape index (κ3) is 6.81. The Hall–Kier alpha value is -0.660. The van der Waals surface area contributed by atoms with Crippen molar-refractivity contribution >= 4 is 15.9 Å². The number of nitrogens with two attached hydrogens (primary N) is 1. The third-order valence-corrected chi connectivity index (χ3v) is 3.01. The molecule has 0 aliphatic heterocycles. The smallest absolute Gasteiger partial charge is 0.234 e. The second-order valence-corrected chi connectivity index (χ2v) is 4.74. The van der Waals surface area contributed by atoms with Crippen molar-refractivity contribution in [3.63, 3.8) is 0 Å². The van der Waals surface area contributed by atoms with Gasteiger partial charge in [0.2, 0.25) is 15.9 Å². The summed E-state index contributed by atoms with van der Waals surface area (Å²) < 4.78 is 24.6. The molecule has 0 bridgehead atoms. The lowest BCUT2D eigenvalue weighted by Crippen LogP contribution is -2.36. The van der Waals surface area contributed by atoms with Crippen molar-refractivity contribution < 1.29 is 13.2 Å². The molecule has 0 spiro atoms. The van der Waals surface area contributed by atoms with E-state index in [2.05, 4.69) is 10.0 Å².